The number of nitrogens with one attached hydrogen (secondary N) is 2. The highest BCUT2D eigenvalue weighted by Gasteiger charge is 2.53. The van der Waals surface area contributed by atoms with Crippen LogP contribution in [0, 0.1) is 0 Å². The molecule has 9 heteroatoms. The van der Waals surface area contributed by atoms with Crippen molar-refractivity contribution in [2.75, 3.05) is 12.8 Å². The first-order valence-corrected chi connectivity index (χ1v) is 9.81. The van der Waals surface area contributed by atoms with Crippen molar-refractivity contribution in [3.8, 4) is 5.75 Å². The molecular formula is C19H22N4O4S. The maximum absolute atomic E-state index is 12.7. The Kier molecular flexibility index (Phi) is 5.76. The fraction of sp³-hybridized carbons (Fsp3) is 0.316. The van der Waals surface area contributed by atoms with Crippen molar-refractivity contribution in [1.82, 2.24) is 15.5 Å². The molecule has 0 aliphatic carbocycles. The highest BCUT2D eigenvalue weighted by molar-refractivity contribution is 8.00. The van der Waals surface area contributed by atoms with Crippen LogP contribution in [0.3, 0.4) is 0 Å². The van der Waals surface area contributed by atoms with Crippen molar-refractivity contribution in [3.05, 3.63) is 53.3 Å². The van der Waals surface area contributed by atoms with Gasteiger partial charge in [-0.05, 0) is 30.2 Å². The van der Waals surface area contributed by atoms with E-state index >= 15 is 0 Å². The Hall–Kier alpha value is -2.78. The van der Waals surface area contributed by atoms with E-state index in [-0.39, 0.29) is 22.9 Å². The van der Waals surface area contributed by atoms with Crippen LogP contribution >= 0.6 is 11.8 Å². The minimum atomic E-state index is -0.969. The van der Waals surface area contributed by atoms with Gasteiger partial charge >= 0.3 is 0 Å². The van der Waals surface area contributed by atoms with Crippen LogP contribution in [-0.4, -0.2) is 51.9 Å². The lowest BCUT2D eigenvalue weighted by Crippen LogP contribution is -2.71. The van der Waals surface area contributed by atoms with E-state index in [0.717, 1.165) is 5.57 Å². The molecule has 0 saturated carbocycles. The molecule has 0 bridgehead atoms. The summed E-state index contributed by atoms with van der Waals surface area (Å²) in [7, 11) is 1.51. The van der Waals surface area contributed by atoms with Gasteiger partial charge in [0.2, 0.25) is 5.91 Å². The Morgan fingerprint density at radius 3 is 2.64 bits per heavy atom. The molecule has 1 aromatic carbocycles. The van der Waals surface area contributed by atoms with Gasteiger partial charge in [-0.1, -0.05) is 24.3 Å². The molecule has 1 aromatic rings. The number of allylic oxidation sites excluding steroid dienone is 2. The van der Waals surface area contributed by atoms with Gasteiger partial charge in [0.15, 0.2) is 0 Å². The number of carbonyl (C=O) groups excluding carboxylic acids is 3. The second kappa shape index (κ2) is 8.07. The van der Waals surface area contributed by atoms with Gasteiger partial charge in [0, 0.05) is 12.8 Å². The molecule has 2 aliphatic heterocycles. The minimum absolute atomic E-state index is 0.0743. The lowest BCUT2D eigenvalue weighted by atomic mass is 10.0. The topological polar surface area (TPSA) is 125 Å². The zero-order valence-corrected chi connectivity index (χ0v) is 16.3. The molecule has 2 heterocycles. The SMILES string of the molecule is C/C=C/C1=C(C(=O)NC)N2C(=O)C(NC(=O)C(N)c3ccc(O)cc3)C2SC1. The molecular weight excluding hydrogens is 380 g/mol. The van der Waals surface area contributed by atoms with E-state index in [1.165, 1.54) is 35.8 Å². The number of aromatic hydroxyl groups is 1. The van der Waals surface area contributed by atoms with E-state index in [9.17, 15) is 19.5 Å². The van der Waals surface area contributed by atoms with E-state index in [2.05, 4.69) is 10.6 Å². The Morgan fingerprint density at radius 2 is 2.04 bits per heavy atom. The van der Waals surface area contributed by atoms with Crippen molar-refractivity contribution >= 4 is 29.5 Å². The number of fused-ring (bicyclic) bond motifs is 1. The summed E-state index contributed by atoms with van der Waals surface area (Å²) in [5, 5.41) is 14.2. The normalized spacial score (nSPS) is 22.5. The predicted octanol–water partition coefficient (Wildman–Crippen LogP) is 0.368. The van der Waals surface area contributed by atoms with Gasteiger partial charge in [-0.3, -0.25) is 19.3 Å². The zero-order chi connectivity index (χ0) is 20.4. The number of likely N-dealkylation sites (N-methyl/N-ethyl adjacent to an activating group) is 1. The average Bonchev–Trinajstić information content (AvgIpc) is 2.71. The number of β-lactam (4-membered cyclic amide) rings is 1. The standard InChI is InChI=1S/C19H22N4O4S/c1-3-4-11-9-28-19-14(18(27)23(19)15(11)17(26)21-2)22-16(25)13(20)10-5-7-12(24)8-6-10/h3-8,13-14,19,24H,9,20H2,1-2H3,(H,21,26)(H,22,25)/b4-3+. The maximum atomic E-state index is 12.7. The average molecular weight is 402 g/mol. The highest BCUT2D eigenvalue weighted by Crippen LogP contribution is 2.40. The van der Waals surface area contributed by atoms with Gasteiger partial charge in [0.05, 0.1) is 0 Å². The number of hydrogen-bond acceptors (Lipinski definition) is 6. The van der Waals surface area contributed by atoms with Gasteiger partial charge in [0.1, 0.15) is 28.9 Å². The summed E-state index contributed by atoms with van der Waals surface area (Å²) in [5.41, 5.74) is 7.59. The van der Waals surface area contributed by atoms with E-state index in [0.29, 0.717) is 17.0 Å². The largest absolute Gasteiger partial charge is 0.508 e. The number of nitrogens with two attached hydrogens (primary N) is 1. The second-order valence-corrected chi connectivity index (χ2v) is 7.52. The van der Waals surface area contributed by atoms with Gasteiger partial charge in [-0.2, -0.15) is 0 Å². The first-order chi connectivity index (χ1) is 13.4. The lowest BCUT2D eigenvalue weighted by Gasteiger charge is -2.50. The van der Waals surface area contributed by atoms with Crippen LogP contribution in [0.4, 0.5) is 0 Å². The molecule has 0 aromatic heterocycles. The van der Waals surface area contributed by atoms with Crippen molar-refractivity contribution in [1.29, 1.82) is 0 Å². The molecule has 3 atom stereocenters. The third-order valence-electron chi connectivity index (χ3n) is 4.64. The zero-order valence-electron chi connectivity index (χ0n) is 15.5. The Morgan fingerprint density at radius 1 is 1.36 bits per heavy atom. The Bertz CT molecular complexity index is 865. The Balaban J connectivity index is 1.75. The highest BCUT2D eigenvalue weighted by atomic mass is 32.2. The summed E-state index contributed by atoms with van der Waals surface area (Å²) < 4.78 is 0. The number of carbonyl (C=O) groups is 3. The van der Waals surface area contributed by atoms with Gasteiger partial charge in [-0.25, -0.2) is 0 Å². The fourth-order valence-electron chi connectivity index (χ4n) is 3.18. The quantitative estimate of drug-likeness (QED) is 0.528. The number of phenolic OH excluding ortho intramolecular Hbond substituents is 1. The number of hydrogen-bond donors (Lipinski definition) is 4. The number of nitrogens with zero attached hydrogens (tertiary/aromatic N) is 1. The van der Waals surface area contributed by atoms with E-state index in [1.54, 1.807) is 12.1 Å². The summed E-state index contributed by atoms with van der Waals surface area (Å²) >= 11 is 1.48. The number of benzene rings is 1. The fourth-order valence-corrected chi connectivity index (χ4v) is 4.50. The molecule has 8 nitrogen and oxygen atoms in total. The van der Waals surface area contributed by atoms with Crippen LogP contribution in [0.5, 0.6) is 5.75 Å². The molecule has 1 saturated heterocycles. The summed E-state index contributed by atoms with van der Waals surface area (Å²) in [6, 6.07) is 4.29. The van der Waals surface area contributed by atoms with Crippen LogP contribution in [0.2, 0.25) is 0 Å². The van der Waals surface area contributed by atoms with Gasteiger partial charge < -0.3 is 21.5 Å². The van der Waals surface area contributed by atoms with Crippen LogP contribution in [0.15, 0.2) is 47.7 Å². The minimum Gasteiger partial charge on any atom is -0.508 e. The molecule has 0 radical (unpaired) electrons. The van der Waals surface area contributed by atoms with Crippen LogP contribution < -0.4 is 16.4 Å². The number of rotatable bonds is 5. The number of phenols is 1. The van der Waals surface area contributed by atoms with Crippen LogP contribution in [-0.2, 0) is 14.4 Å². The molecule has 2 aliphatic rings. The lowest BCUT2D eigenvalue weighted by molar-refractivity contribution is -0.148. The summed E-state index contributed by atoms with van der Waals surface area (Å²) in [4.78, 5) is 38.9. The molecule has 0 spiro atoms. The van der Waals surface area contributed by atoms with Crippen LogP contribution in [0.25, 0.3) is 0 Å². The molecule has 28 heavy (non-hydrogen) atoms. The summed E-state index contributed by atoms with van der Waals surface area (Å²) in [6.07, 6.45) is 3.63. The summed E-state index contributed by atoms with van der Waals surface area (Å²) in [5.74, 6) is -0.543. The number of amides is 3. The van der Waals surface area contributed by atoms with Crippen molar-refractivity contribution in [2.45, 2.75) is 24.4 Å². The molecule has 1 fully saturated rings. The third kappa shape index (κ3) is 3.50. The summed E-state index contributed by atoms with van der Waals surface area (Å²) in [6.45, 7) is 1.84. The molecule has 3 unspecified atom stereocenters. The molecule has 5 N–H and O–H groups in total. The number of thioether (sulfide) groups is 1. The Labute approximate surface area is 166 Å². The molecule has 3 rings (SSSR count). The monoisotopic (exact) mass is 402 g/mol. The smallest absolute Gasteiger partial charge is 0.268 e. The molecule has 148 valence electrons. The second-order valence-electron chi connectivity index (χ2n) is 6.42. The van der Waals surface area contributed by atoms with E-state index in [1.807, 2.05) is 19.1 Å². The van der Waals surface area contributed by atoms with Crippen molar-refractivity contribution in [3.63, 3.8) is 0 Å². The molecule has 3 amide bonds. The first kappa shape index (κ1) is 20.0. The van der Waals surface area contributed by atoms with E-state index < -0.39 is 18.0 Å². The van der Waals surface area contributed by atoms with Crippen LogP contribution in [0.1, 0.15) is 18.5 Å². The van der Waals surface area contributed by atoms with Crippen molar-refractivity contribution in [2.24, 2.45) is 5.73 Å². The first-order valence-electron chi connectivity index (χ1n) is 8.76. The van der Waals surface area contributed by atoms with Gasteiger partial charge in [0.25, 0.3) is 11.8 Å². The van der Waals surface area contributed by atoms with Crippen molar-refractivity contribution < 1.29 is 19.5 Å². The van der Waals surface area contributed by atoms with E-state index in [4.69, 9.17) is 5.73 Å². The van der Waals surface area contributed by atoms with Gasteiger partial charge in [-0.15, -0.1) is 11.8 Å². The third-order valence-corrected chi connectivity index (χ3v) is 5.94. The maximum Gasteiger partial charge on any atom is 0.268 e. The predicted molar refractivity (Wildman–Crippen MR) is 106 cm³/mol.